The summed E-state index contributed by atoms with van der Waals surface area (Å²) in [7, 11) is 0. The second-order valence-corrected chi connectivity index (χ2v) is 1.62. The van der Waals surface area contributed by atoms with Crippen LogP contribution in [0.5, 0.6) is 0 Å². The molecule has 0 aliphatic heterocycles. The molecule has 10 heavy (non-hydrogen) atoms. The molecule has 0 aliphatic rings. The highest BCUT2D eigenvalue weighted by molar-refractivity contribution is 5.81. The molecule has 0 aliphatic carbocycles. The lowest BCUT2D eigenvalue weighted by Gasteiger charge is -2.05. The number of aliphatic hydroxyl groups is 2. The van der Waals surface area contributed by atoms with Crippen LogP contribution in [-0.2, 0) is 9.53 Å². The molecule has 0 heterocycles. The van der Waals surface area contributed by atoms with Crippen molar-refractivity contribution in [2.75, 3.05) is 0 Å². The van der Waals surface area contributed by atoms with Gasteiger partial charge in [0.15, 0.2) is 0 Å². The highest BCUT2D eigenvalue weighted by Crippen LogP contribution is 1.93. The lowest BCUT2D eigenvalue weighted by Crippen LogP contribution is -2.14. The van der Waals surface area contributed by atoms with Crippen molar-refractivity contribution in [3.63, 3.8) is 0 Å². The van der Waals surface area contributed by atoms with Crippen LogP contribution in [0.1, 0.15) is 13.3 Å². The summed E-state index contributed by atoms with van der Waals surface area (Å²) in [5, 5.41) is 16.8. The Morgan fingerprint density at radius 2 is 2.40 bits per heavy atom. The Kier molecular flexibility index (Phi) is 4.32. The Morgan fingerprint density at radius 1 is 1.80 bits per heavy atom. The second kappa shape index (κ2) is 4.81. The monoisotopic (exact) mass is 146 g/mol. The fraction of sp³-hybridized carbons (Fsp3) is 0.500. The predicted octanol–water partition coefficient (Wildman–Crippen LogP) is 0.330. The van der Waals surface area contributed by atoms with Gasteiger partial charge in [0.05, 0.1) is 12.3 Å². The lowest BCUT2D eigenvalue weighted by atomic mass is 10.5. The van der Waals surface area contributed by atoms with Crippen molar-refractivity contribution in [2.45, 2.75) is 19.6 Å². The minimum Gasteiger partial charge on any atom is -0.515 e. The van der Waals surface area contributed by atoms with Crippen molar-refractivity contribution in [1.82, 2.24) is 0 Å². The molecule has 0 fully saturated rings. The van der Waals surface area contributed by atoms with Crippen LogP contribution in [-0.4, -0.2) is 22.5 Å². The number of rotatable bonds is 3. The van der Waals surface area contributed by atoms with Crippen molar-refractivity contribution in [3.8, 4) is 0 Å². The van der Waals surface area contributed by atoms with E-state index in [9.17, 15) is 4.79 Å². The molecule has 4 heteroatoms. The molecule has 0 aromatic rings. The minimum absolute atomic E-state index is 0.338. The van der Waals surface area contributed by atoms with Crippen molar-refractivity contribution in [1.29, 1.82) is 0 Å². The summed E-state index contributed by atoms with van der Waals surface area (Å²) >= 11 is 0. The molecule has 0 saturated carbocycles. The first-order valence-electron chi connectivity index (χ1n) is 2.90. The van der Waals surface area contributed by atoms with Crippen LogP contribution in [0.3, 0.4) is 0 Å². The second-order valence-electron chi connectivity index (χ2n) is 1.62. The van der Waals surface area contributed by atoms with Crippen molar-refractivity contribution < 1.29 is 19.7 Å². The largest absolute Gasteiger partial charge is 0.515 e. The van der Waals surface area contributed by atoms with Crippen LogP contribution in [0.25, 0.3) is 0 Å². The minimum atomic E-state index is -1.08. The number of aliphatic hydroxyl groups excluding tert-OH is 2. The van der Waals surface area contributed by atoms with E-state index in [4.69, 9.17) is 10.2 Å². The van der Waals surface area contributed by atoms with Gasteiger partial charge in [0.2, 0.25) is 6.29 Å². The summed E-state index contributed by atoms with van der Waals surface area (Å²) in [6.45, 7) is 1.67. The van der Waals surface area contributed by atoms with E-state index in [1.165, 1.54) is 0 Å². The van der Waals surface area contributed by atoms with Gasteiger partial charge in [0, 0.05) is 6.42 Å². The van der Waals surface area contributed by atoms with E-state index in [0.717, 1.165) is 6.08 Å². The molecule has 0 amide bonds. The molecule has 1 atom stereocenters. The Labute approximate surface area is 58.7 Å². The Morgan fingerprint density at radius 3 is 2.80 bits per heavy atom. The van der Waals surface area contributed by atoms with Crippen LogP contribution in [0.15, 0.2) is 12.3 Å². The predicted molar refractivity (Wildman–Crippen MR) is 34.2 cm³/mol. The van der Waals surface area contributed by atoms with E-state index in [1.54, 1.807) is 6.92 Å². The zero-order chi connectivity index (χ0) is 7.98. The van der Waals surface area contributed by atoms with Gasteiger partial charge >= 0.3 is 5.97 Å². The third-order valence-corrected chi connectivity index (χ3v) is 0.812. The maximum absolute atomic E-state index is 10.4. The third kappa shape index (κ3) is 3.91. The average Bonchev–Trinajstić information content (AvgIpc) is 1.88. The van der Waals surface area contributed by atoms with Gasteiger partial charge in [-0.3, -0.25) is 0 Å². The first kappa shape index (κ1) is 8.97. The molecule has 0 radical (unpaired) electrons. The molecule has 0 aromatic heterocycles. The topological polar surface area (TPSA) is 66.8 Å². The van der Waals surface area contributed by atoms with Crippen LogP contribution >= 0.6 is 0 Å². The van der Waals surface area contributed by atoms with E-state index < -0.39 is 12.3 Å². The Hall–Kier alpha value is -1.03. The summed E-state index contributed by atoms with van der Waals surface area (Å²) in [5.74, 6) is -0.753. The van der Waals surface area contributed by atoms with Gasteiger partial charge < -0.3 is 14.9 Å². The van der Waals surface area contributed by atoms with E-state index in [2.05, 4.69) is 4.74 Å². The molecule has 4 nitrogen and oxygen atoms in total. The molecular weight excluding hydrogens is 136 g/mol. The van der Waals surface area contributed by atoms with E-state index in [-0.39, 0.29) is 0 Å². The van der Waals surface area contributed by atoms with E-state index in [0.29, 0.717) is 12.7 Å². The van der Waals surface area contributed by atoms with Gasteiger partial charge in [-0.1, -0.05) is 6.92 Å². The van der Waals surface area contributed by atoms with Gasteiger partial charge in [-0.2, -0.15) is 0 Å². The molecule has 0 aromatic carbocycles. The van der Waals surface area contributed by atoms with E-state index >= 15 is 0 Å². The number of hydrogen-bond acceptors (Lipinski definition) is 4. The van der Waals surface area contributed by atoms with Crippen molar-refractivity contribution in [2.24, 2.45) is 0 Å². The van der Waals surface area contributed by atoms with Gasteiger partial charge in [0.1, 0.15) is 0 Å². The highest BCUT2D eigenvalue weighted by atomic mass is 16.6. The Bertz CT molecular complexity index is 130. The van der Waals surface area contributed by atoms with Gasteiger partial charge in [-0.25, -0.2) is 4.79 Å². The summed E-state index contributed by atoms with van der Waals surface area (Å²) in [5.41, 5.74) is 0. The van der Waals surface area contributed by atoms with Crippen LogP contribution in [0.2, 0.25) is 0 Å². The van der Waals surface area contributed by atoms with Crippen LogP contribution in [0.4, 0.5) is 0 Å². The smallest absolute Gasteiger partial charge is 0.336 e. The summed E-state index contributed by atoms with van der Waals surface area (Å²) in [6.07, 6.45) is 0.637. The molecule has 2 N–H and O–H groups in total. The first-order chi connectivity index (χ1) is 4.70. The maximum Gasteiger partial charge on any atom is 0.336 e. The highest BCUT2D eigenvalue weighted by Gasteiger charge is 2.03. The molecular formula is C6H10O4. The lowest BCUT2D eigenvalue weighted by molar-refractivity contribution is -0.161. The summed E-state index contributed by atoms with van der Waals surface area (Å²) < 4.78 is 4.31. The van der Waals surface area contributed by atoms with Crippen molar-refractivity contribution >= 4 is 5.97 Å². The normalized spacial score (nSPS) is 13.4. The van der Waals surface area contributed by atoms with Crippen molar-refractivity contribution in [3.05, 3.63) is 12.3 Å². The van der Waals surface area contributed by atoms with Gasteiger partial charge in [-0.15, -0.1) is 0 Å². The average molecular weight is 146 g/mol. The maximum atomic E-state index is 10.4. The number of esters is 1. The van der Waals surface area contributed by atoms with Crippen LogP contribution < -0.4 is 0 Å². The summed E-state index contributed by atoms with van der Waals surface area (Å²) in [6, 6.07) is 0. The zero-order valence-electron chi connectivity index (χ0n) is 5.65. The van der Waals surface area contributed by atoms with Gasteiger partial charge in [-0.05, 0) is 0 Å². The number of carbonyl (C=O) groups excluding carboxylic acids is 1. The number of ether oxygens (including phenoxy) is 1. The molecule has 0 spiro atoms. The zero-order valence-corrected chi connectivity index (χ0v) is 5.65. The fourth-order valence-electron chi connectivity index (χ4n) is 0.318. The number of carbonyl (C=O) groups is 1. The standard InChI is InChI=1S/C6H10O4/c1-2-5(8)10-6(9)3-4-7/h3-5,7-8H,2H2,1H3. The first-order valence-corrected chi connectivity index (χ1v) is 2.90. The molecule has 0 rings (SSSR count). The third-order valence-electron chi connectivity index (χ3n) is 0.812. The number of hydrogen-bond donors (Lipinski definition) is 2. The Balaban J connectivity index is 3.57. The molecule has 58 valence electrons. The molecule has 0 bridgehead atoms. The quantitative estimate of drug-likeness (QED) is 0.260. The van der Waals surface area contributed by atoms with Crippen LogP contribution in [0, 0.1) is 0 Å². The molecule has 0 saturated heterocycles. The SMILES string of the molecule is CCC(O)OC(=O)C=CO. The van der Waals surface area contributed by atoms with E-state index in [1.807, 2.05) is 0 Å². The fourth-order valence-corrected chi connectivity index (χ4v) is 0.318. The summed E-state index contributed by atoms with van der Waals surface area (Å²) in [4.78, 5) is 10.4. The van der Waals surface area contributed by atoms with Gasteiger partial charge in [0.25, 0.3) is 0 Å². The molecule has 1 unspecified atom stereocenters.